The van der Waals surface area contributed by atoms with Gasteiger partial charge in [0.2, 0.25) is 0 Å². The van der Waals surface area contributed by atoms with Crippen LogP contribution in [0.4, 0.5) is 4.39 Å². The van der Waals surface area contributed by atoms with E-state index < -0.39 is 0 Å². The Bertz CT molecular complexity index is 371. The van der Waals surface area contributed by atoms with E-state index >= 15 is 0 Å². The molecule has 0 aliphatic carbocycles. The summed E-state index contributed by atoms with van der Waals surface area (Å²) in [6, 6.07) is 5.07. The van der Waals surface area contributed by atoms with Crippen molar-refractivity contribution in [1.82, 2.24) is 0 Å². The van der Waals surface area contributed by atoms with E-state index in [2.05, 4.69) is 6.92 Å². The molecule has 0 amide bonds. The summed E-state index contributed by atoms with van der Waals surface area (Å²) in [5.74, 6) is 0.332. The van der Waals surface area contributed by atoms with Crippen LogP contribution in [0.2, 0.25) is 0 Å². The van der Waals surface area contributed by atoms with Gasteiger partial charge in [-0.05, 0) is 30.4 Å². The van der Waals surface area contributed by atoms with Gasteiger partial charge in [0.1, 0.15) is 0 Å². The highest BCUT2D eigenvalue weighted by atomic mass is 19.1. The van der Waals surface area contributed by atoms with E-state index in [1.165, 1.54) is 7.11 Å². The van der Waals surface area contributed by atoms with Crippen molar-refractivity contribution in [1.29, 1.82) is 0 Å². The Morgan fingerprint density at radius 1 is 1.33 bits per heavy atom. The van der Waals surface area contributed by atoms with Crippen LogP contribution < -0.4 is 10.5 Å². The Morgan fingerprint density at radius 3 is 2.67 bits per heavy atom. The number of benzene rings is 1. The molecule has 0 spiro atoms. The van der Waals surface area contributed by atoms with E-state index in [9.17, 15) is 4.39 Å². The number of hydrogen-bond donors (Lipinski definition) is 1. The molecule has 0 radical (unpaired) electrons. The Kier molecular flexibility index (Phi) is 6.09. The monoisotopic (exact) mass is 255 g/mol. The number of hydrogen-bond acceptors (Lipinski definition) is 3. The van der Waals surface area contributed by atoms with Crippen molar-refractivity contribution < 1.29 is 13.9 Å². The Balaban J connectivity index is 2.61. The van der Waals surface area contributed by atoms with Crippen LogP contribution in [0.5, 0.6) is 5.75 Å². The fourth-order valence-corrected chi connectivity index (χ4v) is 2.11. The molecule has 2 unspecified atom stereocenters. The minimum atomic E-state index is -0.310. The van der Waals surface area contributed by atoms with Crippen molar-refractivity contribution in [2.24, 2.45) is 11.7 Å². The third-order valence-corrected chi connectivity index (χ3v) is 2.90. The van der Waals surface area contributed by atoms with Crippen LogP contribution in [-0.4, -0.2) is 26.9 Å². The number of ether oxygens (including phenoxy) is 2. The van der Waals surface area contributed by atoms with Gasteiger partial charge < -0.3 is 15.2 Å². The maximum atomic E-state index is 13.9. The molecular formula is C14H22FNO2. The number of rotatable bonds is 7. The van der Waals surface area contributed by atoms with Crippen molar-refractivity contribution >= 4 is 0 Å². The molecule has 18 heavy (non-hydrogen) atoms. The predicted octanol–water partition coefficient (Wildman–Crippen LogP) is 2.38. The van der Waals surface area contributed by atoms with Gasteiger partial charge in [0.25, 0.3) is 0 Å². The molecule has 1 aromatic carbocycles. The molecule has 2 atom stereocenters. The minimum Gasteiger partial charge on any atom is -0.494 e. The summed E-state index contributed by atoms with van der Waals surface area (Å²) in [5.41, 5.74) is 6.64. The molecule has 0 fully saturated rings. The molecule has 4 heteroatoms. The van der Waals surface area contributed by atoms with Gasteiger partial charge in [0.05, 0.1) is 7.11 Å². The van der Waals surface area contributed by atoms with Gasteiger partial charge in [0.15, 0.2) is 11.6 Å². The van der Waals surface area contributed by atoms with Crippen LogP contribution in [0, 0.1) is 11.7 Å². The molecule has 0 aromatic heterocycles. The smallest absolute Gasteiger partial charge is 0.168 e. The maximum Gasteiger partial charge on any atom is 0.168 e. The van der Waals surface area contributed by atoms with Gasteiger partial charge in [-0.15, -0.1) is 0 Å². The minimum absolute atomic E-state index is 0.0724. The highest BCUT2D eigenvalue weighted by Crippen LogP contribution is 2.21. The predicted molar refractivity (Wildman–Crippen MR) is 70.3 cm³/mol. The molecule has 0 heterocycles. The van der Waals surface area contributed by atoms with Gasteiger partial charge in [-0.1, -0.05) is 19.1 Å². The van der Waals surface area contributed by atoms with E-state index in [1.54, 1.807) is 25.3 Å². The Labute approximate surface area is 108 Å². The van der Waals surface area contributed by atoms with Crippen LogP contribution in [0.3, 0.4) is 0 Å². The molecule has 1 rings (SSSR count). The van der Waals surface area contributed by atoms with Crippen molar-refractivity contribution in [3.63, 3.8) is 0 Å². The first-order valence-electron chi connectivity index (χ1n) is 6.14. The Morgan fingerprint density at radius 2 is 2.06 bits per heavy atom. The second kappa shape index (κ2) is 7.34. The summed E-state index contributed by atoms with van der Waals surface area (Å²) >= 11 is 0. The number of nitrogens with two attached hydrogens (primary N) is 1. The van der Waals surface area contributed by atoms with Crippen molar-refractivity contribution in [3.05, 3.63) is 29.6 Å². The second-order valence-electron chi connectivity index (χ2n) is 4.69. The third-order valence-electron chi connectivity index (χ3n) is 2.90. The molecular weight excluding hydrogens is 233 g/mol. The average molecular weight is 255 g/mol. The normalized spacial score (nSPS) is 14.3. The number of methoxy groups -OCH3 is 2. The fraction of sp³-hybridized carbons (Fsp3) is 0.571. The highest BCUT2D eigenvalue weighted by Gasteiger charge is 2.14. The van der Waals surface area contributed by atoms with Crippen LogP contribution in [-0.2, 0) is 11.2 Å². The topological polar surface area (TPSA) is 44.5 Å². The lowest BCUT2D eigenvalue weighted by Crippen LogP contribution is -2.27. The third kappa shape index (κ3) is 4.27. The second-order valence-corrected chi connectivity index (χ2v) is 4.69. The van der Waals surface area contributed by atoms with Crippen molar-refractivity contribution in [2.45, 2.75) is 25.8 Å². The van der Waals surface area contributed by atoms with Crippen LogP contribution in [0.1, 0.15) is 18.9 Å². The van der Waals surface area contributed by atoms with Gasteiger partial charge in [0, 0.05) is 19.8 Å². The summed E-state index contributed by atoms with van der Waals surface area (Å²) in [4.78, 5) is 0. The molecule has 3 nitrogen and oxygen atoms in total. The summed E-state index contributed by atoms with van der Waals surface area (Å²) in [6.07, 6.45) is 1.32. The van der Waals surface area contributed by atoms with Crippen molar-refractivity contribution in [3.8, 4) is 5.75 Å². The SMILES string of the molecule is COCC(C)CC(N)Cc1cccc(OC)c1F. The van der Waals surface area contributed by atoms with E-state index in [0.29, 0.717) is 24.5 Å². The highest BCUT2D eigenvalue weighted by molar-refractivity contribution is 5.31. The van der Waals surface area contributed by atoms with E-state index in [1.807, 2.05) is 0 Å². The maximum absolute atomic E-state index is 13.9. The fourth-order valence-electron chi connectivity index (χ4n) is 2.11. The molecule has 102 valence electrons. The van der Waals surface area contributed by atoms with Gasteiger partial charge in [-0.25, -0.2) is 4.39 Å². The van der Waals surface area contributed by atoms with Crippen LogP contribution >= 0.6 is 0 Å². The first-order valence-corrected chi connectivity index (χ1v) is 6.14. The van der Waals surface area contributed by atoms with E-state index in [4.69, 9.17) is 15.2 Å². The van der Waals surface area contributed by atoms with Crippen molar-refractivity contribution in [2.75, 3.05) is 20.8 Å². The van der Waals surface area contributed by atoms with Gasteiger partial charge >= 0.3 is 0 Å². The summed E-state index contributed by atoms with van der Waals surface area (Å²) in [7, 11) is 3.13. The molecule has 0 bridgehead atoms. The lowest BCUT2D eigenvalue weighted by atomic mass is 9.97. The van der Waals surface area contributed by atoms with Crippen LogP contribution in [0.25, 0.3) is 0 Å². The zero-order valence-corrected chi connectivity index (χ0v) is 11.3. The standard InChI is InChI=1S/C14H22FNO2/c1-10(9-17-2)7-12(16)8-11-5-4-6-13(18-3)14(11)15/h4-6,10,12H,7-9,16H2,1-3H3. The largest absolute Gasteiger partial charge is 0.494 e. The lowest BCUT2D eigenvalue weighted by molar-refractivity contribution is 0.152. The molecule has 2 N–H and O–H groups in total. The first kappa shape index (κ1) is 14.9. The summed E-state index contributed by atoms with van der Waals surface area (Å²) in [5, 5.41) is 0. The molecule has 0 aliphatic heterocycles. The average Bonchev–Trinajstić information content (AvgIpc) is 2.32. The van der Waals surface area contributed by atoms with E-state index in [-0.39, 0.29) is 17.6 Å². The quantitative estimate of drug-likeness (QED) is 0.813. The van der Waals surface area contributed by atoms with Gasteiger partial charge in [-0.2, -0.15) is 0 Å². The summed E-state index contributed by atoms with van der Waals surface area (Å²) < 4.78 is 23.9. The lowest BCUT2D eigenvalue weighted by Gasteiger charge is -2.17. The van der Waals surface area contributed by atoms with Crippen LogP contribution in [0.15, 0.2) is 18.2 Å². The Hall–Kier alpha value is -1.13. The van der Waals surface area contributed by atoms with E-state index in [0.717, 1.165) is 6.42 Å². The number of halogens is 1. The molecule has 0 saturated carbocycles. The first-order chi connectivity index (χ1) is 8.58. The molecule has 0 aliphatic rings. The zero-order valence-electron chi connectivity index (χ0n) is 11.3. The zero-order chi connectivity index (χ0) is 13.5. The molecule has 0 saturated heterocycles. The van der Waals surface area contributed by atoms with Gasteiger partial charge in [-0.3, -0.25) is 0 Å². The summed E-state index contributed by atoms with van der Waals surface area (Å²) in [6.45, 7) is 2.75. The molecule has 1 aromatic rings.